The summed E-state index contributed by atoms with van der Waals surface area (Å²) in [6.07, 6.45) is 0.468. The van der Waals surface area contributed by atoms with Crippen molar-refractivity contribution in [2.75, 3.05) is 19.7 Å². The lowest BCUT2D eigenvalue weighted by molar-refractivity contribution is 0.00904. The zero-order valence-electron chi connectivity index (χ0n) is 10.5. The second-order valence-corrected chi connectivity index (χ2v) is 6.06. The SMILES string of the molecule is CC(C)(C)OC(=O)N1C[C@@H]2[C@@H]3O[C@@H]3CO[C@H]2C1. The number of epoxide rings is 1. The van der Waals surface area contributed by atoms with Gasteiger partial charge in [-0.2, -0.15) is 0 Å². The number of hydrogen-bond acceptors (Lipinski definition) is 4. The van der Waals surface area contributed by atoms with E-state index in [9.17, 15) is 4.79 Å². The number of hydrogen-bond donors (Lipinski definition) is 0. The zero-order chi connectivity index (χ0) is 12.2. The van der Waals surface area contributed by atoms with Gasteiger partial charge in [-0.1, -0.05) is 0 Å². The van der Waals surface area contributed by atoms with Crippen molar-refractivity contribution < 1.29 is 19.0 Å². The van der Waals surface area contributed by atoms with Crippen molar-refractivity contribution in [3.8, 4) is 0 Å². The first-order valence-corrected chi connectivity index (χ1v) is 6.19. The molecule has 0 bridgehead atoms. The van der Waals surface area contributed by atoms with E-state index in [0.717, 1.165) is 0 Å². The summed E-state index contributed by atoms with van der Waals surface area (Å²) < 4.78 is 16.6. The molecule has 3 aliphatic rings. The Bertz CT molecular complexity index is 338. The molecule has 0 spiro atoms. The molecule has 4 atom stereocenters. The van der Waals surface area contributed by atoms with Crippen LogP contribution in [-0.2, 0) is 14.2 Å². The van der Waals surface area contributed by atoms with Crippen LogP contribution >= 0.6 is 0 Å². The average Bonchev–Trinajstić information content (AvgIpc) is 2.86. The number of carbonyl (C=O) groups excluding carboxylic acids is 1. The summed E-state index contributed by atoms with van der Waals surface area (Å²) in [6.45, 7) is 7.64. The van der Waals surface area contributed by atoms with Gasteiger partial charge in [0, 0.05) is 12.5 Å². The highest BCUT2D eigenvalue weighted by molar-refractivity contribution is 5.68. The molecule has 0 aliphatic carbocycles. The van der Waals surface area contributed by atoms with Crippen molar-refractivity contribution in [2.24, 2.45) is 5.92 Å². The molecule has 3 heterocycles. The molecule has 0 unspecified atom stereocenters. The number of nitrogens with zero attached hydrogens (tertiary/aromatic N) is 1. The Hall–Kier alpha value is -0.810. The largest absolute Gasteiger partial charge is 0.444 e. The maximum atomic E-state index is 11.9. The first-order chi connectivity index (χ1) is 7.94. The number of likely N-dealkylation sites (tertiary alicyclic amines) is 1. The highest BCUT2D eigenvalue weighted by Gasteiger charge is 2.56. The molecule has 3 saturated heterocycles. The molecule has 1 amide bonds. The van der Waals surface area contributed by atoms with Gasteiger partial charge in [-0.05, 0) is 20.8 Å². The number of ether oxygens (including phenoxy) is 3. The van der Waals surface area contributed by atoms with E-state index >= 15 is 0 Å². The third-order valence-electron chi connectivity index (χ3n) is 3.48. The lowest BCUT2D eigenvalue weighted by atomic mass is 9.98. The van der Waals surface area contributed by atoms with Gasteiger partial charge in [0.15, 0.2) is 0 Å². The highest BCUT2D eigenvalue weighted by atomic mass is 16.6. The van der Waals surface area contributed by atoms with E-state index in [1.54, 1.807) is 4.90 Å². The van der Waals surface area contributed by atoms with Crippen LogP contribution in [0.3, 0.4) is 0 Å². The highest BCUT2D eigenvalue weighted by Crippen LogP contribution is 2.41. The van der Waals surface area contributed by atoms with E-state index in [4.69, 9.17) is 14.2 Å². The first-order valence-electron chi connectivity index (χ1n) is 6.19. The molecule has 0 radical (unpaired) electrons. The second-order valence-electron chi connectivity index (χ2n) is 6.06. The number of fused-ring (bicyclic) bond motifs is 3. The summed E-state index contributed by atoms with van der Waals surface area (Å²) in [6, 6.07) is 0. The van der Waals surface area contributed by atoms with E-state index in [1.807, 2.05) is 20.8 Å². The quantitative estimate of drug-likeness (QED) is 0.594. The lowest BCUT2D eigenvalue weighted by Crippen LogP contribution is -2.36. The maximum Gasteiger partial charge on any atom is 0.410 e. The van der Waals surface area contributed by atoms with Gasteiger partial charge in [0.2, 0.25) is 0 Å². The van der Waals surface area contributed by atoms with Crippen LogP contribution in [0, 0.1) is 5.92 Å². The fraction of sp³-hybridized carbons (Fsp3) is 0.917. The molecule has 3 rings (SSSR count). The van der Waals surface area contributed by atoms with Gasteiger partial charge in [0.1, 0.15) is 11.7 Å². The Balaban J connectivity index is 1.61. The van der Waals surface area contributed by atoms with Gasteiger partial charge in [0.25, 0.3) is 0 Å². The normalized spacial score (nSPS) is 39.6. The Morgan fingerprint density at radius 1 is 1.29 bits per heavy atom. The molecule has 0 aromatic rings. The Morgan fingerprint density at radius 2 is 2.06 bits per heavy atom. The minimum atomic E-state index is -0.440. The molecule has 3 fully saturated rings. The van der Waals surface area contributed by atoms with E-state index in [2.05, 4.69) is 0 Å². The topological polar surface area (TPSA) is 51.3 Å². The van der Waals surface area contributed by atoms with Crippen molar-refractivity contribution in [3.05, 3.63) is 0 Å². The van der Waals surface area contributed by atoms with Crippen molar-refractivity contribution in [1.29, 1.82) is 0 Å². The molecule has 96 valence electrons. The van der Waals surface area contributed by atoms with E-state index in [-0.39, 0.29) is 18.3 Å². The lowest BCUT2D eigenvalue weighted by Gasteiger charge is -2.24. The molecule has 5 heteroatoms. The van der Waals surface area contributed by atoms with Crippen LogP contribution in [0.5, 0.6) is 0 Å². The van der Waals surface area contributed by atoms with Crippen LogP contribution < -0.4 is 0 Å². The van der Waals surface area contributed by atoms with Gasteiger partial charge in [0.05, 0.1) is 25.4 Å². The van der Waals surface area contributed by atoms with Gasteiger partial charge in [-0.3, -0.25) is 0 Å². The van der Waals surface area contributed by atoms with Crippen molar-refractivity contribution >= 4 is 6.09 Å². The fourth-order valence-corrected chi connectivity index (χ4v) is 2.65. The monoisotopic (exact) mass is 241 g/mol. The molecule has 17 heavy (non-hydrogen) atoms. The third-order valence-corrected chi connectivity index (χ3v) is 3.48. The smallest absolute Gasteiger partial charge is 0.410 e. The number of rotatable bonds is 0. The summed E-state index contributed by atoms with van der Waals surface area (Å²) in [4.78, 5) is 13.7. The summed E-state index contributed by atoms with van der Waals surface area (Å²) in [7, 11) is 0. The first kappa shape index (κ1) is 11.3. The number of amides is 1. The predicted molar refractivity (Wildman–Crippen MR) is 59.7 cm³/mol. The van der Waals surface area contributed by atoms with Gasteiger partial charge in [-0.25, -0.2) is 4.79 Å². The summed E-state index contributed by atoms with van der Waals surface area (Å²) in [5.74, 6) is 0.335. The Morgan fingerprint density at radius 3 is 2.76 bits per heavy atom. The number of carbonyl (C=O) groups is 1. The maximum absolute atomic E-state index is 11.9. The van der Waals surface area contributed by atoms with Crippen LogP contribution in [0.4, 0.5) is 4.79 Å². The molecule has 0 N–H and O–H groups in total. The molecule has 0 saturated carbocycles. The summed E-state index contributed by atoms with van der Waals surface area (Å²) in [5, 5.41) is 0. The molecule has 0 aromatic heterocycles. The molecule has 5 nitrogen and oxygen atoms in total. The third kappa shape index (κ3) is 2.13. The van der Waals surface area contributed by atoms with Crippen LogP contribution in [0.25, 0.3) is 0 Å². The van der Waals surface area contributed by atoms with Crippen molar-refractivity contribution in [3.63, 3.8) is 0 Å². The van der Waals surface area contributed by atoms with Crippen molar-refractivity contribution in [2.45, 2.75) is 44.7 Å². The zero-order valence-corrected chi connectivity index (χ0v) is 10.5. The minimum Gasteiger partial charge on any atom is -0.444 e. The summed E-state index contributed by atoms with van der Waals surface area (Å²) >= 11 is 0. The average molecular weight is 241 g/mol. The Labute approximate surface area is 101 Å². The van der Waals surface area contributed by atoms with Crippen LogP contribution in [0.1, 0.15) is 20.8 Å². The molecular formula is C12H19NO4. The molecule has 0 aromatic carbocycles. The van der Waals surface area contributed by atoms with E-state index < -0.39 is 5.60 Å². The van der Waals surface area contributed by atoms with Crippen molar-refractivity contribution in [1.82, 2.24) is 4.90 Å². The van der Waals surface area contributed by atoms with E-state index in [1.165, 1.54) is 0 Å². The summed E-state index contributed by atoms with van der Waals surface area (Å²) in [5.41, 5.74) is -0.440. The van der Waals surface area contributed by atoms with Gasteiger partial charge < -0.3 is 19.1 Å². The second kappa shape index (κ2) is 3.59. The van der Waals surface area contributed by atoms with Crippen LogP contribution in [-0.4, -0.2) is 54.6 Å². The fourth-order valence-electron chi connectivity index (χ4n) is 2.65. The van der Waals surface area contributed by atoms with Gasteiger partial charge in [-0.15, -0.1) is 0 Å². The molecule has 3 aliphatic heterocycles. The van der Waals surface area contributed by atoms with E-state index in [0.29, 0.717) is 31.7 Å². The predicted octanol–water partition coefficient (Wildman–Crippen LogP) is 1.02. The van der Waals surface area contributed by atoms with Crippen LogP contribution in [0.2, 0.25) is 0 Å². The standard InChI is InChI=1S/C12H19NO4/c1-12(2,3)17-11(14)13-4-7-8(5-13)15-6-9-10(7)16-9/h7-10H,4-6H2,1-3H3/t7-,8-,9+,10-/m0/s1. The van der Waals surface area contributed by atoms with Crippen LogP contribution in [0.15, 0.2) is 0 Å². The molecular weight excluding hydrogens is 222 g/mol. The minimum absolute atomic E-state index is 0.131. The van der Waals surface area contributed by atoms with Gasteiger partial charge >= 0.3 is 6.09 Å². The Kier molecular flexibility index (Phi) is 2.38.